The van der Waals surface area contributed by atoms with E-state index in [1.807, 2.05) is 54.7 Å². The Balaban J connectivity index is 2.27. The maximum absolute atomic E-state index is 12.4. The van der Waals surface area contributed by atoms with E-state index in [9.17, 15) is 4.79 Å². The van der Waals surface area contributed by atoms with Crippen molar-refractivity contribution in [2.45, 2.75) is 13.8 Å². The Hall–Kier alpha value is -2.46. The summed E-state index contributed by atoms with van der Waals surface area (Å²) in [6, 6.07) is 19.0. The van der Waals surface area contributed by atoms with E-state index >= 15 is 0 Å². The molecule has 24 heavy (non-hydrogen) atoms. The minimum absolute atomic E-state index is 0.193. The van der Waals surface area contributed by atoms with Gasteiger partial charge < -0.3 is 10.2 Å². The van der Waals surface area contributed by atoms with Gasteiger partial charge >= 0.3 is 0 Å². The van der Waals surface area contributed by atoms with E-state index in [-0.39, 0.29) is 5.91 Å². The maximum atomic E-state index is 12.4. The van der Waals surface area contributed by atoms with Crippen molar-refractivity contribution in [1.29, 1.82) is 0 Å². The van der Waals surface area contributed by atoms with E-state index in [1.165, 1.54) is 0 Å². The highest BCUT2D eigenvalue weighted by Crippen LogP contribution is 2.17. The Morgan fingerprint density at radius 3 is 1.96 bits per heavy atom. The van der Waals surface area contributed by atoms with Crippen molar-refractivity contribution in [2.24, 2.45) is 0 Å². The Morgan fingerprint density at radius 1 is 0.958 bits per heavy atom. The third kappa shape index (κ3) is 4.77. The number of rotatable bonds is 6. The average Bonchev–Trinajstić information content (AvgIpc) is 2.64. The van der Waals surface area contributed by atoms with Crippen molar-refractivity contribution < 1.29 is 4.79 Å². The van der Waals surface area contributed by atoms with E-state index in [4.69, 9.17) is 12.2 Å². The molecule has 124 valence electrons. The molecule has 0 spiro atoms. The molecule has 0 radical (unpaired) electrons. The van der Waals surface area contributed by atoms with Crippen LogP contribution in [0.4, 0.5) is 0 Å². The molecule has 0 saturated heterocycles. The second-order valence-corrected chi connectivity index (χ2v) is 5.69. The van der Waals surface area contributed by atoms with Crippen molar-refractivity contribution in [3.63, 3.8) is 0 Å². The van der Waals surface area contributed by atoms with Crippen LogP contribution >= 0.6 is 12.2 Å². The number of nitrogens with zero attached hydrogens (tertiary/aromatic N) is 1. The van der Waals surface area contributed by atoms with Crippen LogP contribution in [0.25, 0.3) is 5.57 Å². The number of benzene rings is 2. The van der Waals surface area contributed by atoms with E-state index in [1.54, 1.807) is 12.1 Å². The van der Waals surface area contributed by atoms with Crippen molar-refractivity contribution in [3.05, 3.63) is 78.0 Å². The summed E-state index contributed by atoms with van der Waals surface area (Å²) < 4.78 is 0. The molecule has 0 aliphatic heterocycles. The van der Waals surface area contributed by atoms with Gasteiger partial charge in [0.15, 0.2) is 0 Å². The van der Waals surface area contributed by atoms with Crippen LogP contribution in [0.1, 0.15) is 29.8 Å². The first-order valence-electron chi connectivity index (χ1n) is 8.07. The van der Waals surface area contributed by atoms with Crippen LogP contribution in [0, 0.1) is 0 Å². The lowest BCUT2D eigenvalue weighted by Gasteiger charge is -2.19. The molecular weight excluding hydrogens is 316 g/mol. The van der Waals surface area contributed by atoms with Gasteiger partial charge in [-0.25, -0.2) is 0 Å². The molecule has 0 aliphatic carbocycles. The van der Waals surface area contributed by atoms with Gasteiger partial charge in [-0.2, -0.15) is 0 Å². The summed E-state index contributed by atoms with van der Waals surface area (Å²) in [6.07, 6.45) is 2.02. The Labute approximate surface area is 149 Å². The number of amides is 1. The number of carbonyl (C=O) groups excluding carboxylic acids is 1. The average molecular weight is 338 g/mol. The second kappa shape index (κ2) is 8.99. The molecule has 0 heterocycles. The van der Waals surface area contributed by atoms with Gasteiger partial charge in [-0.15, -0.1) is 0 Å². The molecule has 0 aliphatic rings. The highest BCUT2D eigenvalue weighted by molar-refractivity contribution is 7.81. The summed E-state index contributed by atoms with van der Waals surface area (Å²) in [6.45, 7) is 5.94. The number of thiocarbonyl (C=S) groups is 1. The largest absolute Gasteiger partial charge is 0.377 e. The van der Waals surface area contributed by atoms with Crippen LogP contribution in [0.5, 0.6) is 0 Å². The molecule has 4 heteroatoms. The first kappa shape index (κ1) is 17.9. The van der Waals surface area contributed by atoms with Crippen molar-refractivity contribution in [2.75, 3.05) is 13.1 Å². The summed E-state index contributed by atoms with van der Waals surface area (Å²) in [4.78, 5) is 15.0. The molecule has 2 rings (SSSR count). The molecule has 3 nitrogen and oxygen atoms in total. The van der Waals surface area contributed by atoms with Crippen molar-refractivity contribution in [1.82, 2.24) is 10.2 Å². The topological polar surface area (TPSA) is 32.3 Å². The minimum atomic E-state index is -0.193. The van der Waals surface area contributed by atoms with Crippen LogP contribution in [-0.2, 0) is 0 Å². The standard InChI is InChI=1S/C20H22N2OS/c1-3-22(4-2)15-18(16-11-7-5-8-12-16)20(24)21-19(23)17-13-9-6-10-14-17/h5-15H,3-4H2,1-2H3,(H,21,23,24)/b18-15+. The zero-order valence-electron chi connectivity index (χ0n) is 14.0. The summed E-state index contributed by atoms with van der Waals surface area (Å²) in [5.74, 6) is -0.193. The van der Waals surface area contributed by atoms with Crippen LogP contribution in [0.3, 0.4) is 0 Å². The fourth-order valence-corrected chi connectivity index (χ4v) is 2.57. The Bertz CT molecular complexity index is 707. The molecule has 0 bridgehead atoms. The smallest absolute Gasteiger partial charge is 0.256 e. The SMILES string of the molecule is CCN(/C=C(/C(=S)NC(=O)c1ccccc1)c1ccccc1)CC. The van der Waals surface area contributed by atoms with Gasteiger partial charge in [0.2, 0.25) is 0 Å². The summed E-state index contributed by atoms with van der Waals surface area (Å²) in [7, 11) is 0. The lowest BCUT2D eigenvalue weighted by molar-refractivity contribution is 0.0978. The van der Waals surface area contributed by atoms with Crippen LogP contribution < -0.4 is 5.32 Å². The Morgan fingerprint density at radius 2 is 1.46 bits per heavy atom. The molecule has 0 atom stereocenters. The maximum Gasteiger partial charge on any atom is 0.256 e. The van der Waals surface area contributed by atoms with Gasteiger partial charge in [0.25, 0.3) is 5.91 Å². The van der Waals surface area contributed by atoms with Gasteiger partial charge in [-0.1, -0.05) is 60.7 Å². The summed E-state index contributed by atoms with van der Waals surface area (Å²) in [5.41, 5.74) is 2.43. The van der Waals surface area contributed by atoms with Gasteiger partial charge in [0.05, 0.1) is 0 Å². The number of nitrogens with one attached hydrogen (secondary N) is 1. The molecule has 1 amide bonds. The number of hydrogen-bond acceptors (Lipinski definition) is 3. The first-order valence-corrected chi connectivity index (χ1v) is 8.48. The van der Waals surface area contributed by atoms with Crippen LogP contribution in [0.15, 0.2) is 66.9 Å². The van der Waals surface area contributed by atoms with Crippen molar-refractivity contribution in [3.8, 4) is 0 Å². The third-order valence-corrected chi connectivity index (χ3v) is 4.04. The molecule has 0 unspecified atom stereocenters. The zero-order chi connectivity index (χ0) is 17.4. The van der Waals surface area contributed by atoms with E-state index in [0.717, 1.165) is 24.2 Å². The highest BCUT2D eigenvalue weighted by atomic mass is 32.1. The molecule has 1 N–H and O–H groups in total. The van der Waals surface area contributed by atoms with E-state index < -0.39 is 0 Å². The monoisotopic (exact) mass is 338 g/mol. The fourth-order valence-electron chi connectivity index (χ4n) is 2.30. The van der Waals surface area contributed by atoms with E-state index in [0.29, 0.717) is 10.6 Å². The van der Waals surface area contributed by atoms with Gasteiger partial charge in [-0.3, -0.25) is 4.79 Å². The fraction of sp³-hybridized carbons (Fsp3) is 0.200. The predicted octanol–water partition coefficient (Wildman–Crippen LogP) is 4.13. The normalized spacial score (nSPS) is 11.0. The Kier molecular flexibility index (Phi) is 6.70. The molecule has 0 fully saturated rings. The lowest BCUT2D eigenvalue weighted by atomic mass is 10.1. The first-order chi connectivity index (χ1) is 11.7. The summed E-state index contributed by atoms with van der Waals surface area (Å²) in [5, 5.41) is 2.85. The quantitative estimate of drug-likeness (QED) is 0.635. The molecule has 0 saturated carbocycles. The predicted molar refractivity (Wildman–Crippen MR) is 104 cm³/mol. The molecule has 2 aromatic carbocycles. The summed E-state index contributed by atoms with van der Waals surface area (Å²) >= 11 is 5.52. The number of hydrogen-bond donors (Lipinski definition) is 1. The minimum Gasteiger partial charge on any atom is -0.377 e. The molecular formula is C20H22N2OS. The number of carbonyl (C=O) groups is 1. The zero-order valence-corrected chi connectivity index (χ0v) is 14.8. The van der Waals surface area contributed by atoms with Gasteiger partial charge in [0, 0.05) is 30.4 Å². The van der Waals surface area contributed by atoms with E-state index in [2.05, 4.69) is 24.1 Å². The lowest BCUT2D eigenvalue weighted by Crippen LogP contribution is -2.30. The highest BCUT2D eigenvalue weighted by Gasteiger charge is 2.13. The molecule has 0 aromatic heterocycles. The van der Waals surface area contributed by atoms with Gasteiger partial charge in [-0.05, 0) is 31.5 Å². The third-order valence-electron chi connectivity index (χ3n) is 3.72. The second-order valence-electron chi connectivity index (χ2n) is 5.28. The van der Waals surface area contributed by atoms with Crippen LogP contribution in [0.2, 0.25) is 0 Å². The molecule has 2 aromatic rings. The van der Waals surface area contributed by atoms with Gasteiger partial charge in [0.1, 0.15) is 4.99 Å². The van der Waals surface area contributed by atoms with Crippen molar-refractivity contribution >= 4 is 28.7 Å². The van der Waals surface area contributed by atoms with Crippen LogP contribution in [-0.4, -0.2) is 28.9 Å².